The van der Waals surface area contributed by atoms with Gasteiger partial charge in [0.1, 0.15) is 0 Å². The van der Waals surface area contributed by atoms with Crippen molar-refractivity contribution in [3.05, 3.63) is 53.6 Å². The number of fused-ring (bicyclic) bond motifs is 1. The zero-order valence-electron chi connectivity index (χ0n) is 19.3. The molecule has 4 rings (SSSR count). The van der Waals surface area contributed by atoms with Crippen LogP contribution in [0.4, 0.5) is 5.69 Å². The van der Waals surface area contributed by atoms with E-state index in [0.717, 1.165) is 43.2 Å². The molecule has 0 spiro atoms. The second-order valence-electron chi connectivity index (χ2n) is 8.48. The van der Waals surface area contributed by atoms with E-state index >= 15 is 0 Å². The quantitative estimate of drug-likeness (QED) is 0.549. The highest BCUT2D eigenvalue weighted by Gasteiger charge is 2.22. The molecule has 32 heavy (non-hydrogen) atoms. The van der Waals surface area contributed by atoms with Crippen LogP contribution in [0.15, 0.2) is 47.5 Å². The summed E-state index contributed by atoms with van der Waals surface area (Å²) in [6.45, 7) is 9.17. The van der Waals surface area contributed by atoms with Crippen molar-refractivity contribution < 1.29 is 14.2 Å². The molecule has 2 atom stereocenters. The molecular weight excluding hydrogens is 404 g/mol. The third kappa shape index (κ3) is 5.93. The van der Waals surface area contributed by atoms with Gasteiger partial charge < -0.3 is 24.8 Å². The number of guanidine groups is 1. The van der Waals surface area contributed by atoms with E-state index in [1.165, 1.54) is 11.1 Å². The van der Waals surface area contributed by atoms with E-state index in [2.05, 4.69) is 58.6 Å². The molecule has 2 aliphatic rings. The number of rotatable bonds is 5. The first-order chi connectivity index (χ1) is 15.6. The fraction of sp³-hybridized carbons (Fsp3) is 0.480. The van der Waals surface area contributed by atoms with Crippen molar-refractivity contribution in [2.45, 2.75) is 45.6 Å². The average Bonchev–Trinajstić information content (AvgIpc) is 3.02. The lowest BCUT2D eigenvalue weighted by molar-refractivity contribution is -0.0705. The van der Waals surface area contributed by atoms with Crippen molar-refractivity contribution in [3.8, 4) is 11.5 Å². The molecular formula is C25H34N4O3. The summed E-state index contributed by atoms with van der Waals surface area (Å²) in [5.41, 5.74) is 3.50. The van der Waals surface area contributed by atoms with E-state index in [4.69, 9.17) is 14.2 Å². The lowest BCUT2D eigenvalue weighted by Gasteiger charge is -2.35. The van der Waals surface area contributed by atoms with E-state index in [1.54, 1.807) is 7.05 Å². The zero-order valence-corrected chi connectivity index (χ0v) is 19.3. The number of aliphatic imine (C=N–C) groups is 1. The Morgan fingerprint density at radius 1 is 1.00 bits per heavy atom. The number of nitrogens with zero attached hydrogens (tertiary/aromatic N) is 2. The first-order valence-electron chi connectivity index (χ1n) is 11.4. The monoisotopic (exact) mass is 438 g/mol. The van der Waals surface area contributed by atoms with Gasteiger partial charge in [-0.15, -0.1) is 0 Å². The van der Waals surface area contributed by atoms with Gasteiger partial charge in [0.05, 0.1) is 25.4 Å². The molecule has 0 bridgehead atoms. The Labute approximate surface area is 190 Å². The van der Waals surface area contributed by atoms with Crippen LogP contribution in [-0.4, -0.2) is 56.4 Å². The van der Waals surface area contributed by atoms with Crippen molar-refractivity contribution in [1.29, 1.82) is 0 Å². The lowest BCUT2D eigenvalue weighted by atomic mass is 10.1. The van der Waals surface area contributed by atoms with Crippen LogP contribution in [0.1, 0.15) is 31.4 Å². The van der Waals surface area contributed by atoms with Crippen LogP contribution < -0.4 is 20.1 Å². The Morgan fingerprint density at radius 2 is 1.72 bits per heavy atom. The van der Waals surface area contributed by atoms with E-state index in [0.29, 0.717) is 25.7 Å². The van der Waals surface area contributed by atoms with E-state index in [1.807, 2.05) is 18.2 Å². The highest BCUT2D eigenvalue weighted by atomic mass is 16.5. The van der Waals surface area contributed by atoms with Gasteiger partial charge in [-0.25, -0.2) is 0 Å². The fourth-order valence-electron chi connectivity index (χ4n) is 4.27. The first-order valence-corrected chi connectivity index (χ1v) is 11.4. The molecule has 2 unspecified atom stereocenters. The average molecular weight is 439 g/mol. The summed E-state index contributed by atoms with van der Waals surface area (Å²) in [6, 6.07) is 14.5. The molecule has 2 N–H and O–H groups in total. The maximum Gasteiger partial charge on any atom is 0.195 e. The lowest BCUT2D eigenvalue weighted by Crippen LogP contribution is -2.45. The maximum absolute atomic E-state index is 5.88. The van der Waals surface area contributed by atoms with Gasteiger partial charge in [0, 0.05) is 51.4 Å². The second kappa shape index (κ2) is 10.7. The van der Waals surface area contributed by atoms with Crippen LogP contribution in [0.3, 0.4) is 0 Å². The minimum Gasteiger partial charge on any atom is -0.490 e. The van der Waals surface area contributed by atoms with Gasteiger partial charge in [0.2, 0.25) is 0 Å². The molecule has 2 heterocycles. The number of hydrogen-bond acceptors (Lipinski definition) is 5. The Balaban J connectivity index is 1.38. The molecule has 2 aliphatic heterocycles. The van der Waals surface area contributed by atoms with Crippen LogP contribution >= 0.6 is 0 Å². The first kappa shape index (κ1) is 22.4. The minimum atomic E-state index is 0.266. The predicted molar refractivity (Wildman–Crippen MR) is 128 cm³/mol. The van der Waals surface area contributed by atoms with Gasteiger partial charge >= 0.3 is 0 Å². The molecule has 2 aromatic rings. The van der Waals surface area contributed by atoms with Gasteiger partial charge in [-0.2, -0.15) is 0 Å². The Kier molecular flexibility index (Phi) is 7.50. The molecule has 0 amide bonds. The molecule has 172 valence electrons. The highest BCUT2D eigenvalue weighted by molar-refractivity contribution is 5.93. The van der Waals surface area contributed by atoms with Gasteiger partial charge in [0.25, 0.3) is 0 Å². The number of benzene rings is 2. The van der Waals surface area contributed by atoms with Crippen molar-refractivity contribution in [2.75, 3.05) is 38.7 Å². The smallest absolute Gasteiger partial charge is 0.195 e. The van der Waals surface area contributed by atoms with Crippen LogP contribution in [0, 0.1) is 0 Å². The minimum absolute atomic E-state index is 0.266. The van der Waals surface area contributed by atoms with Crippen molar-refractivity contribution in [1.82, 2.24) is 10.2 Å². The molecule has 2 aromatic carbocycles. The summed E-state index contributed by atoms with van der Waals surface area (Å²) in [4.78, 5) is 6.86. The molecule has 7 nitrogen and oxygen atoms in total. The summed E-state index contributed by atoms with van der Waals surface area (Å²) in [5.74, 6) is 2.27. The number of nitrogens with one attached hydrogen (secondary N) is 2. The number of morpholine rings is 1. The largest absolute Gasteiger partial charge is 0.490 e. The number of hydrogen-bond donors (Lipinski definition) is 2. The topological polar surface area (TPSA) is 67.4 Å². The summed E-state index contributed by atoms with van der Waals surface area (Å²) in [5, 5.41) is 6.80. The highest BCUT2D eigenvalue weighted by Crippen LogP contribution is 2.32. The molecule has 0 aliphatic carbocycles. The van der Waals surface area contributed by atoms with Crippen LogP contribution in [0.5, 0.6) is 11.5 Å². The van der Waals surface area contributed by atoms with Crippen LogP contribution in [0.25, 0.3) is 0 Å². The Morgan fingerprint density at radius 3 is 2.47 bits per heavy atom. The van der Waals surface area contributed by atoms with Crippen molar-refractivity contribution in [3.63, 3.8) is 0 Å². The third-order valence-corrected chi connectivity index (χ3v) is 5.69. The Bertz CT molecular complexity index is 923. The van der Waals surface area contributed by atoms with Crippen LogP contribution in [-0.2, 0) is 17.8 Å². The number of ether oxygens (including phenoxy) is 3. The Hall–Kier alpha value is -2.77. The van der Waals surface area contributed by atoms with Crippen LogP contribution in [0.2, 0.25) is 0 Å². The van der Waals surface area contributed by atoms with Gasteiger partial charge in [-0.3, -0.25) is 9.89 Å². The summed E-state index contributed by atoms with van der Waals surface area (Å²) < 4.78 is 17.4. The van der Waals surface area contributed by atoms with E-state index in [9.17, 15) is 0 Å². The predicted octanol–water partition coefficient (Wildman–Crippen LogP) is 3.64. The molecule has 7 heteroatoms. The zero-order chi connectivity index (χ0) is 22.3. The summed E-state index contributed by atoms with van der Waals surface area (Å²) >= 11 is 0. The summed E-state index contributed by atoms with van der Waals surface area (Å²) in [6.07, 6.45) is 1.42. The molecule has 0 aromatic heterocycles. The summed E-state index contributed by atoms with van der Waals surface area (Å²) in [7, 11) is 1.78. The van der Waals surface area contributed by atoms with Gasteiger partial charge in [0.15, 0.2) is 17.5 Å². The third-order valence-electron chi connectivity index (χ3n) is 5.69. The standard InChI is InChI=1S/C25H34N4O3/c1-18-15-29(16-19(2)32-18)17-21-8-5-4-7-20(21)14-27-25(26-3)28-22-9-10-23-24(13-22)31-12-6-11-30-23/h4-5,7-10,13,18-19H,6,11-12,14-17H2,1-3H3,(H2,26,27,28). The van der Waals surface area contributed by atoms with Crippen molar-refractivity contribution >= 4 is 11.6 Å². The van der Waals surface area contributed by atoms with Gasteiger partial charge in [-0.1, -0.05) is 24.3 Å². The molecule has 0 radical (unpaired) electrons. The fourth-order valence-corrected chi connectivity index (χ4v) is 4.27. The maximum atomic E-state index is 5.88. The van der Waals surface area contributed by atoms with Crippen molar-refractivity contribution in [2.24, 2.45) is 4.99 Å². The molecule has 1 saturated heterocycles. The molecule has 1 fully saturated rings. The molecule has 0 saturated carbocycles. The SMILES string of the molecule is CN=C(NCc1ccccc1CN1CC(C)OC(C)C1)Nc1ccc2c(c1)OCCCO2. The van der Waals surface area contributed by atoms with Gasteiger partial charge in [-0.05, 0) is 37.1 Å². The van der Waals surface area contributed by atoms with E-state index in [-0.39, 0.29) is 12.2 Å². The number of anilines is 1. The van der Waals surface area contributed by atoms with E-state index < -0.39 is 0 Å². The normalized spacial score (nSPS) is 21.7. The second-order valence-corrected chi connectivity index (χ2v) is 8.48.